The Morgan fingerprint density at radius 2 is 1.76 bits per heavy atom. The number of aryl methyl sites for hydroxylation is 1. The zero-order valence-corrected chi connectivity index (χ0v) is 25.9. The highest BCUT2D eigenvalue weighted by Gasteiger charge is 2.21. The van der Waals surface area contributed by atoms with E-state index in [-0.39, 0.29) is 5.91 Å². The number of hydrogen-bond donors (Lipinski definition) is 0. The summed E-state index contributed by atoms with van der Waals surface area (Å²) in [5.41, 5.74) is 4.63. The first-order valence-electron chi connectivity index (χ1n) is 13.6. The van der Waals surface area contributed by atoms with Crippen LogP contribution in [0.5, 0.6) is 5.75 Å². The van der Waals surface area contributed by atoms with Gasteiger partial charge in [-0.1, -0.05) is 71.9 Å². The van der Waals surface area contributed by atoms with Crippen LogP contribution in [0.2, 0.25) is 0 Å². The quantitative estimate of drug-likeness (QED) is 0.158. The maximum absolute atomic E-state index is 13.5. The van der Waals surface area contributed by atoms with Crippen LogP contribution in [0.25, 0.3) is 17.1 Å². The van der Waals surface area contributed by atoms with Gasteiger partial charge in [0.25, 0.3) is 5.91 Å². The number of rotatable bonds is 12. The first-order chi connectivity index (χ1) is 20.4. The summed E-state index contributed by atoms with van der Waals surface area (Å²) in [6.45, 7) is 4.00. The third-order valence-corrected chi connectivity index (χ3v) is 8.64. The summed E-state index contributed by atoms with van der Waals surface area (Å²) in [7, 11) is 5.68. The number of benzene rings is 3. The summed E-state index contributed by atoms with van der Waals surface area (Å²) >= 11 is 3.04. The van der Waals surface area contributed by atoms with Crippen LogP contribution in [0.15, 0.2) is 89.4 Å². The molecule has 8 nitrogen and oxygen atoms in total. The second kappa shape index (κ2) is 13.8. The Hall–Kier alpha value is -3.99. The van der Waals surface area contributed by atoms with E-state index in [1.807, 2.05) is 79.0 Å². The van der Waals surface area contributed by atoms with Gasteiger partial charge in [0.2, 0.25) is 0 Å². The molecule has 1 amide bonds. The average molecular weight is 599 g/mol. The average Bonchev–Trinajstić information content (AvgIpc) is 3.66. The number of nitrogens with zero attached hydrogens (tertiary/aromatic N) is 6. The zero-order valence-electron chi connectivity index (χ0n) is 24.2. The Bertz CT molecular complexity index is 1620. The lowest BCUT2D eigenvalue weighted by molar-refractivity contribution is 0.0726. The van der Waals surface area contributed by atoms with Crippen molar-refractivity contribution in [1.29, 1.82) is 0 Å². The fraction of sp³-hybridized carbons (Fsp3) is 0.250. The minimum atomic E-state index is -0.0589. The summed E-state index contributed by atoms with van der Waals surface area (Å²) in [5, 5.41) is 12.6. The van der Waals surface area contributed by atoms with Gasteiger partial charge in [0, 0.05) is 36.3 Å². The van der Waals surface area contributed by atoms with Crippen molar-refractivity contribution in [1.82, 2.24) is 29.5 Å². The highest BCUT2D eigenvalue weighted by Crippen LogP contribution is 2.32. The number of aromatic nitrogens is 4. The number of amides is 1. The van der Waals surface area contributed by atoms with Gasteiger partial charge in [-0.25, -0.2) is 4.98 Å². The fourth-order valence-electron chi connectivity index (χ4n) is 4.38. The molecule has 2 aromatic heterocycles. The minimum absolute atomic E-state index is 0.0589. The van der Waals surface area contributed by atoms with E-state index in [1.54, 1.807) is 18.9 Å². The van der Waals surface area contributed by atoms with Gasteiger partial charge in [-0.05, 0) is 50.8 Å². The Morgan fingerprint density at radius 1 is 0.976 bits per heavy atom. The van der Waals surface area contributed by atoms with Gasteiger partial charge in [-0.3, -0.25) is 9.36 Å². The van der Waals surface area contributed by atoms with Crippen LogP contribution in [0.1, 0.15) is 26.6 Å². The van der Waals surface area contributed by atoms with E-state index in [9.17, 15) is 4.79 Å². The molecule has 0 aliphatic heterocycles. The lowest BCUT2D eigenvalue weighted by Gasteiger charge is -2.24. The monoisotopic (exact) mass is 598 g/mol. The molecule has 0 aliphatic rings. The molecular formula is C32H34N6O2S2. The SMILES string of the molecule is COc1cccc(-c2nnc(SCc3nc(C(=O)N(CCN(C)C)Cc4ccccc4)cs3)n2-c2ccc(C)cc2)c1. The number of methoxy groups -OCH3 is 1. The Labute approximate surface area is 255 Å². The molecule has 0 fully saturated rings. The van der Waals surface area contributed by atoms with Gasteiger partial charge >= 0.3 is 0 Å². The highest BCUT2D eigenvalue weighted by atomic mass is 32.2. The van der Waals surface area contributed by atoms with Crippen molar-refractivity contribution in [2.75, 3.05) is 34.3 Å². The normalized spacial score (nSPS) is 11.2. The third-order valence-electron chi connectivity index (χ3n) is 6.67. The predicted molar refractivity (Wildman–Crippen MR) is 169 cm³/mol. The number of carbonyl (C=O) groups excluding carboxylic acids is 1. The Morgan fingerprint density at radius 3 is 2.50 bits per heavy atom. The Kier molecular flexibility index (Phi) is 9.68. The second-order valence-corrected chi connectivity index (χ2v) is 12.0. The number of carbonyl (C=O) groups is 1. The molecule has 0 saturated carbocycles. The molecule has 5 aromatic rings. The van der Waals surface area contributed by atoms with E-state index in [0.29, 0.717) is 24.5 Å². The van der Waals surface area contributed by atoms with E-state index in [1.165, 1.54) is 16.9 Å². The summed E-state index contributed by atoms with van der Waals surface area (Å²) in [6, 6.07) is 26.2. The topological polar surface area (TPSA) is 76.4 Å². The molecule has 216 valence electrons. The lowest BCUT2D eigenvalue weighted by atomic mass is 10.2. The fourth-order valence-corrected chi connectivity index (χ4v) is 6.12. The number of ether oxygens (including phenoxy) is 1. The first-order valence-corrected chi connectivity index (χ1v) is 15.5. The molecule has 3 aromatic carbocycles. The summed E-state index contributed by atoms with van der Waals surface area (Å²) in [5.74, 6) is 1.99. The molecular weight excluding hydrogens is 565 g/mol. The molecule has 0 N–H and O–H groups in total. The number of thiazole rings is 1. The summed E-state index contributed by atoms with van der Waals surface area (Å²) in [4.78, 5) is 22.2. The van der Waals surface area contributed by atoms with Crippen molar-refractivity contribution < 1.29 is 9.53 Å². The molecule has 42 heavy (non-hydrogen) atoms. The smallest absolute Gasteiger partial charge is 0.273 e. The molecule has 0 unspecified atom stereocenters. The molecule has 0 spiro atoms. The summed E-state index contributed by atoms with van der Waals surface area (Å²) < 4.78 is 7.50. The maximum Gasteiger partial charge on any atom is 0.273 e. The molecule has 5 rings (SSSR count). The Balaban J connectivity index is 1.36. The van der Waals surface area contributed by atoms with Crippen molar-refractivity contribution in [3.05, 3.63) is 106 Å². The van der Waals surface area contributed by atoms with Gasteiger partial charge in [-0.2, -0.15) is 0 Å². The van der Waals surface area contributed by atoms with Crippen molar-refractivity contribution in [2.24, 2.45) is 0 Å². The molecule has 0 bridgehead atoms. The standard InChI is InChI=1S/C32H34N6O2S2/c1-23-13-15-26(16-14-23)38-30(25-11-8-12-27(19-25)40-4)34-35-32(38)42-22-29-33-28(21-41-29)31(39)37(18-17-36(2)3)20-24-9-6-5-7-10-24/h5-16,19,21H,17-18,20,22H2,1-4H3. The lowest BCUT2D eigenvalue weighted by Crippen LogP contribution is -2.36. The maximum atomic E-state index is 13.5. The second-order valence-electron chi connectivity index (χ2n) is 10.1. The molecule has 0 saturated heterocycles. The number of likely N-dealkylation sites (N-methyl/N-ethyl adjacent to an activating group) is 1. The minimum Gasteiger partial charge on any atom is -0.497 e. The molecule has 0 radical (unpaired) electrons. The van der Waals surface area contributed by atoms with E-state index < -0.39 is 0 Å². The van der Waals surface area contributed by atoms with Crippen LogP contribution in [-0.4, -0.2) is 69.8 Å². The molecule has 0 aliphatic carbocycles. The van der Waals surface area contributed by atoms with Gasteiger partial charge < -0.3 is 14.5 Å². The van der Waals surface area contributed by atoms with Crippen LogP contribution in [0, 0.1) is 6.92 Å². The van der Waals surface area contributed by atoms with Gasteiger partial charge in [-0.15, -0.1) is 21.5 Å². The van der Waals surface area contributed by atoms with Crippen LogP contribution < -0.4 is 4.74 Å². The van der Waals surface area contributed by atoms with Crippen LogP contribution in [-0.2, 0) is 12.3 Å². The van der Waals surface area contributed by atoms with Crippen molar-refractivity contribution in [3.8, 4) is 22.8 Å². The van der Waals surface area contributed by atoms with Crippen LogP contribution in [0.3, 0.4) is 0 Å². The molecule has 2 heterocycles. The van der Waals surface area contributed by atoms with Gasteiger partial charge in [0.15, 0.2) is 11.0 Å². The predicted octanol–water partition coefficient (Wildman–Crippen LogP) is 6.20. The van der Waals surface area contributed by atoms with E-state index in [2.05, 4.69) is 50.9 Å². The van der Waals surface area contributed by atoms with Crippen LogP contribution >= 0.6 is 23.1 Å². The first kappa shape index (κ1) is 29.5. The highest BCUT2D eigenvalue weighted by molar-refractivity contribution is 7.98. The largest absolute Gasteiger partial charge is 0.497 e. The molecule has 0 atom stereocenters. The third kappa shape index (κ3) is 7.25. The van der Waals surface area contributed by atoms with E-state index >= 15 is 0 Å². The zero-order chi connectivity index (χ0) is 29.5. The number of hydrogen-bond acceptors (Lipinski definition) is 8. The van der Waals surface area contributed by atoms with Gasteiger partial charge in [0.05, 0.1) is 12.9 Å². The van der Waals surface area contributed by atoms with Crippen molar-refractivity contribution in [3.63, 3.8) is 0 Å². The van der Waals surface area contributed by atoms with Crippen molar-refractivity contribution >= 4 is 29.0 Å². The molecule has 10 heteroatoms. The van der Waals surface area contributed by atoms with Gasteiger partial charge in [0.1, 0.15) is 16.5 Å². The van der Waals surface area contributed by atoms with E-state index in [0.717, 1.165) is 45.1 Å². The van der Waals surface area contributed by atoms with Crippen molar-refractivity contribution in [2.45, 2.75) is 24.4 Å². The van der Waals surface area contributed by atoms with Crippen LogP contribution in [0.4, 0.5) is 0 Å². The van der Waals surface area contributed by atoms with E-state index in [4.69, 9.17) is 9.72 Å². The number of thioether (sulfide) groups is 1. The summed E-state index contributed by atoms with van der Waals surface area (Å²) in [6.07, 6.45) is 0.